The summed E-state index contributed by atoms with van der Waals surface area (Å²) in [6, 6.07) is -0.438. The van der Waals surface area contributed by atoms with Crippen LogP contribution in [-0.2, 0) is 14.6 Å². The quantitative estimate of drug-likeness (QED) is 0.659. The number of amides is 3. The summed E-state index contributed by atoms with van der Waals surface area (Å²) in [6.07, 6.45) is 5.71. The van der Waals surface area contributed by atoms with Gasteiger partial charge in [-0.2, -0.15) is 0 Å². The van der Waals surface area contributed by atoms with E-state index in [-0.39, 0.29) is 41.6 Å². The highest BCUT2D eigenvalue weighted by Gasteiger charge is 2.53. The van der Waals surface area contributed by atoms with E-state index in [4.69, 9.17) is 0 Å². The van der Waals surface area contributed by atoms with Crippen molar-refractivity contribution in [2.24, 2.45) is 11.3 Å². The summed E-state index contributed by atoms with van der Waals surface area (Å²) in [7, 11) is -3.02. The number of carbonyl (C=O) groups excluding carboxylic acids is 2. The summed E-state index contributed by atoms with van der Waals surface area (Å²) in [6.45, 7) is 9.68. The molecule has 0 aromatic carbocycles. The second-order valence-corrected chi connectivity index (χ2v) is 12.5. The second-order valence-electron chi connectivity index (χ2n) is 10.2. The highest BCUT2D eigenvalue weighted by atomic mass is 32.2. The van der Waals surface area contributed by atoms with Crippen LogP contribution in [0.1, 0.15) is 72.6 Å². The molecular formula is C21H37N3O4S. The molecule has 1 aliphatic carbocycles. The van der Waals surface area contributed by atoms with E-state index in [0.29, 0.717) is 31.7 Å². The third-order valence-electron chi connectivity index (χ3n) is 7.16. The zero-order valence-electron chi connectivity index (χ0n) is 18.4. The lowest BCUT2D eigenvalue weighted by atomic mass is 9.67. The largest absolute Gasteiger partial charge is 0.326 e. The molecule has 0 aromatic heterocycles. The zero-order chi connectivity index (χ0) is 21.4. The topological polar surface area (TPSA) is 86.8 Å². The number of rotatable bonds is 6. The molecule has 2 saturated heterocycles. The first-order chi connectivity index (χ1) is 13.5. The monoisotopic (exact) mass is 427 g/mol. The van der Waals surface area contributed by atoms with Crippen LogP contribution in [0, 0.1) is 11.3 Å². The Balaban J connectivity index is 1.70. The number of hydrogen-bond donors (Lipinski definition) is 1. The number of urea groups is 1. The minimum Gasteiger partial charge on any atom is -0.323 e. The molecule has 166 valence electrons. The maximum Gasteiger partial charge on any atom is 0.326 e. The maximum atomic E-state index is 13.3. The Bertz CT molecular complexity index is 736. The number of nitrogens with one attached hydrogen (secondary N) is 1. The molecule has 2 heterocycles. The lowest BCUT2D eigenvalue weighted by Gasteiger charge is -2.40. The standard InChI is InChI=1S/C21H37N3O4S/c1-5-6-12-23(17-9-13-29(27,28)14-17)15-24-18(25)21(22-19(24)26)10-7-16(8-11-21)20(2,3)4/h16-17H,5-15H2,1-4H3,(H,22,26). The van der Waals surface area contributed by atoms with Crippen molar-refractivity contribution >= 4 is 21.8 Å². The van der Waals surface area contributed by atoms with Crippen LogP contribution < -0.4 is 5.32 Å². The van der Waals surface area contributed by atoms with Gasteiger partial charge in [-0.1, -0.05) is 34.1 Å². The van der Waals surface area contributed by atoms with E-state index in [0.717, 1.165) is 25.7 Å². The Hall–Kier alpha value is -1.15. The molecule has 8 heteroatoms. The molecule has 0 aromatic rings. The number of hydrogen-bond acceptors (Lipinski definition) is 5. The summed E-state index contributed by atoms with van der Waals surface area (Å²) in [5, 5.41) is 3.00. The predicted octanol–water partition coefficient (Wildman–Crippen LogP) is 2.76. The summed E-state index contributed by atoms with van der Waals surface area (Å²) in [5.41, 5.74) is -0.561. The highest BCUT2D eigenvalue weighted by Crippen LogP contribution is 2.43. The van der Waals surface area contributed by atoms with Gasteiger partial charge in [-0.3, -0.25) is 9.69 Å². The maximum absolute atomic E-state index is 13.3. The molecular weight excluding hydrogens is 390 g/mol. The Morgan fingerprint density at radius 2 is 1.83 bits per heavy atom. The number of imide groups is 1. The molecule has 3 fully saturated rings. The molecule has 0 radical (unpaired) electrons. The van der Waals surface area contributed by atoms with Crippen molar-refractivity contribution in [1.29, 1.82) is 0 Å². The van der Waals surface area contributed by atoms with Crippen molar-refractivity contribution in [3.63, 3.8) is 0 Å². The van der Waals surface area contributed by atoms with Gasteiger partial charge in [-0.05, 0) is 49.9 Å². The summed E-state index contributed by atoms with van der Waals surface area (Å²) >= 11 is 0. The molecule has 2 aliphatic heterocycles. The SMILES string of the molecule is CCCCN(CN1C(=O)NC2(CCC(C(C)(C)C)CC2)C1=O)C1CCS(=O)(=O)C1. The van der Waals surface area contributed by atoms with Crippen LogP contribution in [0.25, 0.3) is 0 Å². The van der Waals surface area contributed by atoms with Gasteiger partial charge in [0.25, 0.3) is 5.91 Å². The minimum atomic E-state index is -3.02. The van der Waals surface area contributed by atoms with E-state index in [1.54, 1.807) is 0 Å². The van der Waals surface area contributed by atoms with Gasteiger partial charge in [0.2, 0.25) is 0 Å². The van der Waals surface area contributed by atoms with Crippen LogP contribution in [0.15, 0.2) is 0 Å². The average molecular weight is 428 g/mol. The normalized spacial score (nSPS) is 32.4. The van der Waals surface area contributed by atoms with Crippen molar-refractivity contribution in [3.8, 4) is 0 Å². The van der Waals surface area contributed by atoms with Gasteiger partial charge in [-0.25, -0.2) is 18.1 Å². The molecule has 1 saturated carbocycles. The van der Waals surface area contributed by atoms with Crippen LogP contribution in [0.5, 0.6) is 0 Å². The fourth-order valence-electron chi connectivity index (χ4n) is 5.10. The first-order valence-corrected chi connectivity index (χ1v) is 12.9. The number of sulfone groups is 1. The van der Waals surface area contributed by atoms with Crippen LogP contribution in [0.4, 0.5) is 4.79 Å². The second kappa shape index (κ2) is 8.17. The van der Waals surface area contributed by atoms with Crippen LogP contribution in [0.3, 0.4) is 0 Å². The van der Waals surface area contributed by atoms with Gasteiger partial charge in [0.05, 0.1) is 18.2 Å². The predicted molar refractivity (Wildman–Crippen MR) is 113 cm³/mol. The van der Waals surface area contributed by atoms with Gasteiger partial charge in [-0.15, -0.1) is 0 Å². The van der Waals surface area contributed by atoms with Gasteiger partial charge in [0.1, 0.15) is 5.54 Å². The molecule has 3 amide bonds. The fraction of sp³-hybridized carbons (Fsp3) is 0.905. The summed E-state index contributed by atoms with van der Waals surface area (Å²) in [4.78, 5) is 29.4. The van der Waals surface area contributed by atoms with Crippen molar-refractivity contribution in [3.05, 3.63) is 0 Å². The van der Waals surface area contributed by atoms with Gasteiger partial charge in [0, 0.05) is 12.6 Å². The van der Waals surface area contributed by atoms with Crippen molar-refractivity contribution in [1.82, 2.24) is 15.1 Å². The lowest BCUT2D eigenvalue weighted by Crippen LogP contribution is -2.51. The molecule has 3 rings (SSSR count). The smallest absolute Gasteiger partial charge is 0.323 e. The van der Waals surface area contributed by atoms with Gasteiger partial charge >= 0.3 is 6.03 Å². The van der Waals surface area contributed by atoms with Crippen molar-refractivity contribution < 1.29 is 18.0 Å². The minimum absolute atomic E-state index is 0.111. The highest BCUT2D eigenvalue weighted by molar-refractivity contribution is 7.91. The third-order valence-corrected chi connectivity index (χ3v) is 8.91. The molecule has 1 unspecified atom stereocenters. The van der Waals surface area contributed by atoms with Crippen molar-refractivity contribution in [2.45, 2.75) is 84.2 Å². The first-order valence-electron chi connectivity index (χ1n) is 11.1. The first kappa shape index (κ1) is 22.5. The molecule has 1 spiro atoms. The molecule has 1 atom stereocenters. The Morgan fingerprint density at radius 1 is 1.17 bits per heavy atom. The number of nitrogens with zero attached hydrogens (tertiary/aromatic N) is 2. The number of unbranched alkanes of at least 4 members (excludes halogenated alkanes) is 1. The summed E-state index contributed by atoms with van der Waals surface area (Å²) in [5.74, 6) is 0.742. The Morgan fingerprint density at radius 3 is 2.34 bits per heavy atom. The van der Waals surface area contributed by atoms with E-state index in [1.807, 2.05) is 4.90 Å². The van der Waals surface area contributed by atoms with E-state index < -0.39 is 15.4 Å². The van der Waals surface area contributed by atoms with Crippen molar-refractivity contribution in [2.75, 3.05) is 24.7 Å². The Kier molecular flexibility index (Phi) is 6.35. The average Bonchev–Trinajstić information content (AvgIpc) is 3.10. The number of carbonyl (C=O) groups is 2. The van der Waals surface area contributed by atoms with E-state index >= 15 is 0 Å². The molecule has 0 bridgehead atoms. The van der Waals surface area contributed by atoms with E-state index in [2.05, 4.69) is 33.0 Å². The van der Waals surface area contributed by atoms with Crippen LogP contribution in [-0.4, -0.2) is 66.5 Å². The van der Waals surface area contributed by atoms with Gasteiger partial charge in [0.15, 0.2) is 9.84 Å². The van der Waals surface area contributed by atoms with Crippen LogP contribution in [0.2, 0.25) is 0 Å². The van der Waals surface area contributed by atoms with Crippen LogP contribution >= 0.6 is 0 Å². The zero-order valence-corrected chi connectivity index (χ0v) is 19.2. The molecule has 1 N–H and O–H groups in total. The van der Waals surface area contributed by atoms with E-state index in [1.165, 1.54) is 4.90 Å². The van der Waals surface area contributed by atoms with Gasteiger partial charge < -0.3 is 5.32 Å². The molecule has 7 nitrogen and oxygen atoms in total. The van der Waals surface area contributed by atoms with E-state index in [9.17, 15) is 18.0 Å². The lowest BCUT2D eigenvalue weighted by molar-refractivity contribution is -0.134. The molecule has 29 heavy (non-hydrogen) atoms. The third kappa shape index (κ3) is 4.79. The molecule has 3 aliphatic rings. The summed E-state index contributed by atoms with van der Waals surface area (Å²) < 4.78 is 23.9. The Labute approximate surface area is 175 Å². The fourth-order valence-corrected chi connectivity index (χ4v) is 6.86.